The lowest BCUT2D eigenvalue weighted by atomic mass is 9.51. The van der Waals surface area contributed by atoms with E-state index in [0.717, 1.165) is 35.3 Å². The van der Waals surface area contributed by atoms with Gasteiger partial charge >= 0.3 is 5.97 Å². The molecule has 4 aliphatic carbocycles. The lowest BCUT2D eigenvalue weighted by Gasteiger charge is -2.54. The zero-order chi connectivity index (χ0) is 18.4. The summed E-state index contributed by atoms with van der Waals surface area (Å²) in [5.74, 6) is 5.39. The molecule has 1 heterocycles. The summed E-state index contributed by atoms with van der Waals surface area (Å²) in [6.07, 6.45) is 8.72. The van der Waals surface area contributed by atoms with Crippen LogP contribution in [-0.4, -0.2) is 18.1 Å². The van der Waals surface area contributed by atoms with Gasteiger partial charge in [-0.25, -0.2) is 9.78 Å². The summed E-state index contributed by atoms with van der Waals surface area (Å²) in [4.78, 5) is 15.7. The Morgan fingerprint density at radius 3 is 2.15 bits per heavy atom. The molecular formula is C23H25NO3. The van der Waals surface area contributed by atoms with Gasteiger partial charge in [0.25, 0.3) is 0 Å². The predicted octanol–water partition coefficient (Wildman–Crippen LogP) is 5.20. The minimum Gasteiger partial charge on any atom is -0.465 e. The summed E-state index contributed by atoms with van der Waals surface area (Å²) in [5, 5.41) is 0. The monoisotopic (exact) mass is 363 g/mol. The first-order valence-corrected chi connectivity index (χ1v) is 10.0. The van der Waals surface area contributed by atoms with Crippen LogP contribution in [0.2, 0.25) is 0 Å². The van der Waals surface area contributed by atoms with Gasteiger partial charge in [0.05, 0.1) is 12.7 Å². The van der Waals surface area contributed by atoms with Crippen LogP contribution in [0, 0.1) is 23.7 Å². The van der Waals surface area contributed by atoms with E-state index in [2.05, 4.69) is 34.0 Å². The normalized spacial score (nSPS) is 30.9. The summed E-state index contributed by atoms with van der Waals surface area (Å²) in [5.41, 5.74) is 1.90. The molecule has 4 fully saturated rings. The molecule has 0 atom stereocenters. The van der Waals surface area contributed by atoms with Gasteiger partial charge in [-0.15, -0.1) is 0 Å². The number of ether oxygens (including phenoxy) is 2. The van der Waals surface area contributed by atoms with E-state index >= 15 is 0 Å². The van der Waals surface area contributed by atoms with E-state index in [1.54, 1.807) is 12.1 Å². The average molecular weight is 363 g/mol. The van der Waals surface area contributed by atoms with E-state index in [1.165, 1.54) is 51.0 Å². The highest BCUT2D eigenvalue weighted by Crippen LogP contribution is 2.59. The second kappa shape index (κ2) is 6.66. The van der Waals surface area contributed by atoms with Crippen LogP contribution in [-0.2, 0) is 4.74 Å². The van der Waals surface area contributed by atoms with Crippen molar-refractivity contribution in [1.82, 2.24) is 4.98 Å². The molecule has 27 heavy (non-hydrogen) atoms. The van der Waals surface area contributed by atoms with Crippen LogP contribution in [0.1, 0.15) is 53.9 Å². The molecule has 4 aliphatic rings. The number of pyridine rings is 1. The number of hydrogen-bond donors (Lipinski definition) is 0. The molecule has 0 radical (unpaired) electrons. The van der Waals surface area contributed by atoms with Gasteiger partial charge in [0.2, 0.25) is 5.88 Å². The average Bonchev–Trinajstić information content (AvgIpc) is 2.68. The summed E-state index contributed by atoms with van der Waals surface area (Å²) < 4.78 is 10.5. The standard InChI is InChI=1S/C23H25NO3/c1-26-23(25)17-4-7-21(24-13-17)27-20-5-2-16(3-6-20)22-18-9-14-8-15(11-18)12-19(22)10-14/h2-7,13-15,18-19,22H,8-12H2,1H3. The Morgan fingerprint density at radius 1 is 0.926 bits per heavy atom. The van der Waals surface area contributed by atoms with Gasteiger partial charge in [0.1, 0.15) is 5.75 Å². The van der Waals surface area contributed by atoms with E-state index in [1.807, 2.05) is 0 Å². The molecule has 0 N–H and O–H groups in total. The minimum absolute atomic E-state index is 0.394. The third kappa shape index (κ3) is 3.11. The Labute approximate surface area is 159 Å². The van der Waals surface area contributed by atoms with Crippen molar-refractivity contribution in [3.05, 3.63) is 53.7 Å². The number of nitrogens with zero attached hydrogens (tertiary/aromatic N) is 1. The molecule has 4 nitrogen and oxygen atoms in total. The first-order valence-electron chi connectivity index (χ1n) is 10.0. The van der Waals surface area contributed by atoms with Gasteiger partial charge in [-0.05, 0) is 85.5 Å². The second-order valence-corrected chi connectivity index (χ2v) is 8.50. The van der Waals surface area contributed by atoms with E-state index in [9.17, 15) is 4.79 Å². The number of esters is 1. The Bertz CT molecular complexity index is 800. The highest BCUT2D eigenvalue weighted by molar-refractivity contribution is 5.88. The third-order valence-electron chi connectivity index (χ3n) is 6.87. The maximum absolute atomic E-state index is 11.5. The first-order chi connectivity index (χ1) is 13.2. The van der Waals surface area contributed by atoms with Gasteiger partial charge in [-0.1, -0.05) is 12.1 Å². The highest BCUT2D eigenvalue weighted by atomic mass is 16.5. The SMILES string of the molecule is COC(=O)c1ccc(Oc2ccc(C3C4CC5CC(C4)CC3C5)cc2)nc1. The number of benzene rings is 1. The molecule has 0 saturated heterocycles. The first kappa shape index (κ1) is 16.8. The number of hydrogen-bond acceptors (Lipinski definition) is 4. The largest absolute Gasteiger partial charge is 0.465 e. The van der Waals surface area contributed by atoms with Crippen LogP contribution in [0.5, 0.6) is 11.6 Å². The zero-order valence-electron chi connectivity index (χ0n) is 15.6. The molecule has 0 aliphatic heterocycles. The fourth-order valence-corrected chi connectivity index (χ4v) is 6.03. The topological polar surface area (TPSA) is 48.4 Å². The van der Waals surface area contributed by atoms with E-state index in [0.29, 0.717) is 11.4 Å². The quantitative estimate of drug-likeness (QED) is 0.701. The van der Waals surface area contributed by atoms with Crippen LogP contribution >= 0.6 is 0 Å². The summed E-state index contributed by atoms with van der Waals surface area (Å²) in [7, 11) is 1.36. The van der Waals surface area contributed by atoms with Crippen molar-refractivity contribution in [2.24, 2.45) is 23.7 Å². The van der Waals surface area contributed by atoms with Crippen molar-refractivity contribution in [1.29, 1.82) is 0 Å². The smallest absolute Gasteiger partial charge is 0.339 e. The van der Waals surface area contributed by atoms with Crippen LogP contribution in [0.25, 0.3) is 0 Å². The highest BCUT2D eigenvalue weighted by Gasteiger charge is 2.48. The van der Waals surface area contributed by atoms with Gasteiger partial charge in [0, 0.05) is 12.3 Å². The van der Waals surface area contributed by atoms with Crippen LogP contribution in [0.4, 0.5) is 0 Å². The van der Waals surface area contributed by atoms with Crippen LogP contribution in [0.3, 0.4) is 0 Å². The molecule has 0 amide bonds. The molecule has 4 saturated carbocycles. The molecule has 6 rings (SSSR count). The number of aromatic nitrogens is 1. The molecule has 1 aromatic carbocycles. The maximum Gasteiger partial charge on any atom is 0.339 e. The Balaban J connectivity index is 1.29. The van der Waals surface area contributed by atoms with Crippen molar-refractivity contribution >= 4 is 5.97 Å². The molecule has 0 spiro atoms. The van der Waals surface area contributed by atoms with Crippen molar-refractivity contribution in [2.75, 3.05) is 7.11 Å². The summed E-state index contributed by atoms with van der Waals surface area (Å²) >= 11 is 0. The van der Waals surface area contributed by atoms with Gasteiger partial charge in [-0.3, -0.25) is 0 Å². The Morgan fingerprint density at radius 2 is 1.59 bits per heavy atom. The summed E-state index contributed by atoms with van der Waals surface area (Å²) in [6.45, 7) is 0. The second-order valence-electron chi connectivity index (χ2n) is 8.50. The van der Waals surface area contributed by atoms with E-state index < -0.39 is 5.97 Å². The minimum atomic E-state index is -0.394. The number of rotatable bonds is 4. The lowest BCUT2D eigenvalue weighted by molar-refractivity contribution is -0.00279. The van der Waals surface area contributed by atoms with Crippen LogP contribution in [0.15, 0.2) is 42.6 Å². The summed E-state index contributed by atoms with van der Waals surface area (Å²) in [6, 6.07) is 11.9. The van der Waals surface area contributed by atoms with E-state index in [4.69, 9.17) is 4.74 Å². The molecule has 0 unspecified atom stereocenters. The fraction of sp³-hybridized carbons (Fsp3) is 0.478. The fourth-order valence-electron chi connectivity index (χ4n) is 6.03. The Hall–Kier alpha value is -2.36. The number of carbonyl (C=O) groups is 1. The van der Waals surface area contributed by atoms with Crippen molar-refractivity contribution < 1.29 is 14.3 Å². The van der Waals surface area contributed by atoms with Gasteiger partial charge in [0.15, 0.2) is 0 Å². The lowest BCUT2D eigenvalue weighted by Crippen LogP contribution is -2.43. The van der Waals surface area contributed by atoms with Gasteiger partial charge < -0.3 is 9.47 Å². The predicted molar refractivity (Wildman–Crippen MR) is 102 cm³/mol. The molecule has 1 aromatic heterocycles. The molecule has 2 aromatic rings. The molecule has 140 valence electrons. The third-order valence-corrected chi connectivity index (χ3v) is 6.87. The van der Waals surface area contributed by atoms with Crippen LogP contribution < -0.4 is 4.74 Å². The van der Waals surface area contributed by atoms with Crippen molar-refractivity contribution in [3.63, 3.8) is 0 Å². The molecule has 4 bridgehead atoms. The van der Waals surface area contributed by atoms with Gasteiger partial charge in [-0.2, -0.15) is 0 Å². The Kier molecular flexibility index (Phi) is 4.14. The zero-order valence-corrected chi connectivity index (χ0v) is 15.6. The van der Waals surface area contributed by atoms with E-state index in [-0.39, 0.29) is 0 Å². The molecular weight excluding hydrogens is 338 g/mol. The van der Waals surface area contributed by atoms with Crippen molar-refractivity contribution in [2.45, 2.75) is 38.0 Å². The number of methoxy groups -OCH3 is 1. The number of carbonyl (C=O) groups excluding carboxylic acids is 1. The van der Waals surface area contributed by atoms with Crippen molar-refractivity contribution in [3.8, 4) is 11.6 Å². The molecule has 4 heteroatoms. The maximum atomic E-state index is 11.5.